The van der Waals surface area contributed by atoms with Crippen LogP contribution in [-0.2, 0) is 32.5 Å². The molecule has 0 aliphatic carbocycles. The van der Waals surface area contributed by atoms with Crippen molar-refractivity contribution in [2.45, 2.75) is 49.8 Å². The fraction of sp³-hybridized carbons (Fsp3) is 0.348. The highest BCUT2D eigenvalue weighted by Crippen LogP contribution is 2.28. The summed E-state index contributed by atoms with van der Waals surface area (Å²) in [5.74, 6) is 1.16. The molecule has 0 spiro atoms. The van der Waals surface area contributed by atoms with E-state index in [4.69, 9.17) is 20.0 Å². The van der Waals surface area contributed by atoms with Crippen molar-refractivity contribution >= 4 is 16.0 Å². The predicted octanol–water partition coefficient (Wildman–Crippen LogP) is 1.70. The highest BCUT2D eigenvalue weighted by Gasteiger charge is 2.42. The number of aromatic nitrogens is 3. The Balaban J connectivity index is 1.48. The number of benzene rings is 2. The van der Waals surface area contributed by atoms with E-state index >= 15 is 0 Å². The minimum atomic E-state index is -3.79. The van der Waals surface area contributed by atoms with Crippen LogP contribution in [0.3, 0.4) is 0 Å². The molecule has 10 heteroatoms. The summed E-state index contributed by atoms with van der Waals surface area (Å²) in [4.78, 5) is 19.1. The van der Waals surface area contributed by atoms with Crippen LogP contribution in [-0.4, -0.2) is 52.7 Å². The molecule has 4 heterocycles. The number of sulfonamides is 1. The number of aryl methyl sites for hydroxylation is 1. The number of nitrogens with zero attached hydrogens (tertiary/aromatic N) is 4. The molecule has 0 saturated carbocycles. The maximum Gasteiger partial charge on any atom is 0.323 e. The van der Waals surface area contributed by atoms with Gasteiger partial charge in [0.05, 0.1) is 17.1 Å². The molecule has 0 unspecified atom stereocenters. The Labute approximate surface area is 192 Å². The lowest BCUT2D eigenvalue weighted by Crippen LogP contribution is -2.56. The Morgan fingerprint density at radius 2 is 1.94 bits per heavy atom. The Morgan fingerprint density at radius 3 is 2.61 bits per heavy atom. The SMILES string of the molecule is Cc1cccc(Cc2nc(CN3C[C@H]4CC[C@@H]3C(=O)O4)nn2-c2ccc(S(N)(=O)=O)cc2)c1. The molecule has 6 rings (SSSR count). The first-order chi connectivity index (χ1) is 15.8. The minimum absolute atomic E-state index is 0.0367. The second kappa shape index (κ2) is 8.36. The van der Waals surface area contributed by atoms with E-state index in [9.17, 15) is 13.2 Å². The molecule has 33 heavy (non-hydrogen) atoms. The number of rotatable bonds is 6. The Morgan fingerprint density at radius 1 is 1.15 bits per heavy atom. The first-order valence-corrected chi connectivity index (χ1v) is 12.4. The second-order valence-electron chi connectivity index (χ2n) is 8.64. The maximum absolute atomic E-state index is 12.2. The van der Waals surface area contributed by atoms with Gasteiger partial charge in [0.2, 0.25) is 10.0 Å². The van der Waals surface area contributed by atoms with Gasteiger partial charge in [0, 0.05) is 13.0 Å². The molecule has 3 aliphatic heterocycles. The highest BCUT2D eigenvalue weighted by atomic mass is 32.2. The van der Waals surface area contributed by atoms with Gasteiger partial charge >= 0.3 is 5.97 Å². The number of carbonyl (C=O) groups is 1. The van der Waals surface area contributed by atoms with E-state index in [2.05, 4.69) is 11.0 Å². The Kier molecular flexibility index (Phi) is 5.51. The van der Waals surface area contributed by atoms with Gasteiger partial charge in [-0.05, 0) is 49.6 Å². The average molecular weight is 468 g/mol. The number of esters is 1. The first-order valence-electron chi connectivity index (χ1n) is 10.8. The standard InChI is InChI=1S/C23H25N5O4S/c1-15-3-2-4-16(11-15)12-22-25-21(14-27-13-18-7-10-20(27)23(29)32-18)26-28(22)17-5-8-19(9-6-17)33(24,30)31/h2-6,8-9,11,18,20H,7,10,12-14H2,1H3,(H2,24,30,31)/t18-,20-/m1/s1. The van der Waals surface area contributed by atoms with Gasteiger partial charge in [-0.1, -0.05) is 29.8 Å². The van der Waals surface area contributed by atoms with Crippen molar-refractivity contribution in [1.29, 1.82) is 0 Å². The number of hydrogen-bond donors (Lipinski definition) is 1. The van der Waals surface area contributed by atoms with Gasteiger partial charge in [0.1, 0.15) is 18.0 Å². The van der Waals surface area contributed by atoms with E-state index in [0.717, 1.165) is 29.8 Å². The van der Waals surface area contributed by atoms with E-state index in [1.807, 2.05) is 25.1 Å². The molecule has 1 aromatic heterocycles. The van der Waals surface area contributed by atoms with Crippen LogP contribution in [0.5, 0.6) is 0 Å². The summed E-state index contributed by atoms with van der Waals surface area (Å²) >= 11 is 0. The van der Waals surface area contributed by atoms with E-state index in [0.29, 0.717) is 31.0 Å². The molecule has 2 bridgehead atoms. The number of piperidine rings is 1. The average Bonchev–Trinajstić information content (AvgIpc) is 3.15. The van der Waals surface area contributed by atoms with Crippen LogP contribution in [0.15, 0.2) is 53.4 Å². The monoisotopic (exact) mass is 467 g/mol. The number of ether oxygens (including phenoxy) is 1. The van der Waals surface area contributed by atoms with Gasteiger partial charge in [-0.2, -0.15) is 0 Å². The van der Waals surface area contributed by atoms with Crippen molar-refractivity contribution in [2.24, 2.45) is 5.14 Å². The third-order valence-corrected chi connectivity index (χ3v) is 7.04. The summed E-state index contributed by atoms with van der Waals surface area (Å²) in [6.07, 6.45) is 2.17. The molecule has 2 atom stereocenters. The van der Waals surface area contributed by atoms with Crippen LogP contribution >= 0.6 is 0 Å². The van der Waals surface area contributed by atoms with Crippen molar-refractivity contribution in [2.75, 3.05) is 6.54 Å². The number of nitrogens with two attached hydrogens (primary N) is 1. The predicted molar refractivity (Wildman–Crippen MR) is 120 cm³/mol. The summed E-state index contributed by atoms with van der Waals surface area (Å²) in [6.45, 7) is 3.16. The van der Waals surface area contributed by atoms with Crippen molar-refractivity contribution in [3.05, 3.63) is 71.3 Å². The summed E-state index contributed by atoms with van der Waals surface area (Å²) < 4.78 is 30.4. The molecule has 172 valence electrons. The molecular formula is C23H25N5O4S. The lowest BCUT2D eigenvalue weighted by Gasteiger charge is -2.42. The molecule has 3 saturated heterocycles. The molecule has 2 aromatic carbocycles. The number of hydrogen-bond acceptors (Lipinski definition) is 7. The molecular weight excluding hydrogens is 442 g/mol. The van der Waals surface area contributed by atoms with E-state index in [-0.39, 0.29) is 23.0 Å². The molecule has 0 amide bonds. The smallest absolute Gasteiger partial charge is 0.323 e. The molecule has 3 aliphatic rings. The summed E-state index contributed by atoms with van der Waals surface area (Å²) in [5.41, 5.74) is 2.93. The maximum atomic E-state index is 12.2. The van der Waals surface area contributed by atoms with Crippen LogP contribution in [0.4, 0.5) is 0 Å². The normalized spacial score (nSPS) is 20.7. The fourth-order valence-electron chi connectivity index (χ4n) is 4.53. The Hall–Kier alpha value is -3.08. The van der Waals surface area contributed by atoms with Crippen LogP contribution in [0, 0.1) is 6.92 Å². The van der Waals surface area contributed by atoms with Gasteiger partial charge in [0.25, 0.3) is 0 Å². The summed E-state index contributed by atoms with van der Waals surface area (Å²) in [7, 11) is -3.79. The minimum Gasteiger partial charge on any atom is -0.460 e. The van der Waals surface area contributed by atoms with Crippen LogP contribution in [0.25, 0.3) is 5.69 Å². The van der Waals surface area contributed by atoms with Crippen molar-refractivity contribution in [3.8, 4) is 5.69 Å². The molecule has 0 radical (unpaired) electrons. The number of primary sulfonamides is 1. The van der Waals surface area contributed by atoms with Crippen LogP contribution in [0.1, 0.15) is 35.6 Å². The molecule has 3 fully saturated rings. The summed E-state index contributed by atoms with van der Waals surface area (Å²) in [6, 6.07) is 14.2. The third kappa shape index (κ3) is 4.54. The zero-order valence-electron chi connectivity index (χ0n) is 18.2. The Bertz CT molecular complexity index is 1300. The number of fused-ring (bicyclic) bond motifs is 3. The third-order valence-electron chi connectivity index (χ3n) is 6.11. The van der Waals surface area contributed by atoms with Gasteiger partial charge in [-0.3, -0.25) is 9.69 Å². The second-order valence-corrected chi connectivity index (χ2v) is 10.2. The van der Waals surface area contributed by atoms with Gasteiger partial charge in [-0.25, -0.2) is 23.2 Å². The van der Waals surface area contributed by atoms with Crippen molar-refractivity contribution in [3.63, 3.8) is 0 Å². The quantitative estimate of drug-likeness (QED) is 0.548. The fourth-order valence-corrected chi connectivity index (χ4v) is 5.05. The number of carbonyl (C=O) groups excluding carboxylic acids is 1. The highest BCUT2D eigenvalue weighted by molar-refractivity contribution is 7.89. The number of morpholine rings is 1. The van der Waals surface area contributed by atoms with Crippen LogP contribution in [0.2, 0.25) is 0 Å². The van der Waals surface area contributed by atoms with Crippen molar-refractivity contribution in [1.82, 2.24) is 19.7 Å². The van der Waals surface area contributed by atoms with Gasteiger partial charge < -0.3 is 4.74 Å². The lowest BCUT2D eigenvalue weighted by atomic mass is 9.96. The topological polar surface area (TPSA) is 120 Å². The zero-order valence-corrected chi connectivity index (χ0v) is 19.0. The molecule has 3 aromatic rings. The van der Waals surface area contributed by atoms with E-state index in [1.165, 1.54) is 12.1 Å². The van der Waals surface area contributed by atoms with E-state index in [1.54, 1.807) is 16.8 Å². The largest absolute Gasteiger partial charge is 0.460 e. The van der Waals surface area contributed by atoms with Gasteiger partial charge in [0.15, 0.2) is 5.82 Å². The van der Waals surface area contributed by atoms with E-state index < -0.39 is 10.0 Å². The lowest BCUT2D eigenvalue weighted by molar-refractivity contribution is -0.176. The van der Waals surface area contributed by atoms with Crippen LogP contribution < -0.4 is 5.14 Å². The first kappa shape index (κ1) is 21.7. The molecule has 2 N–H and O–H groups in total. The van der Waals surface area contributed by atoms with Gasteiger partial charge in [-0.15, -0.1) is 5.10 Å². The summed E-state index contributed by atoms with van der Waals surface area (Å²) in [5, 5.41) is 9.96. The van der Waals surface area contributed by atoms with Crippen molar-refractivity contribution < 1.29 is 17.9 Å². The zero-order chi connectivity index (χ0) is 23.2. The molecule has 9 nitrogen and oxygen atoms in total.